The summed E-state index contributed by atoms with van der Waals surface area (Å²) >= 11 is 1.44. The number of ketones is 1. The summed E-state index contributed by atoms with van der Waals surface area (Å²) in [6.45, 7) is 3.91. The molecule has 0 saturated heterocycles. The van der Waals surface area contributed by atoms with Crippen molar-refractivity contribution in [1.29, 1.82) is 0 Å². The van der Waals surface area contributed by atoms with Crippen molar-refractivity contribution in [2.75, 3.05) is 0 Å². The number of hydrogen-bond acceptors (Lipinski definition) is 7. The Morgan fingerprint density at radius 1 is 1.06 bits per heavy atom. The van der Waals surface area contributed by atoms with Crippen LogP contribution in [0.25, 0.3) is 33.1 Å². The number of hydrogen-bond donors (Lipinski definition) is 2. The molecule has 6 rings (SSSR count). The number of aryl methyl sites for hydroxylation is 3. The summed E-state index contributed by atoms with van der Waals surface area (Å²) < 4.78 is 0. The Hall–Kier alpha value is -3.46. The lowest BCUT2D eigenvalue weighted by Gasteiger charge is -2.21. The first-order valence-electron chi connectivity index (χ1n) is 10.7. The van der Waals surface area contributed by atoms with Crippen molar-refractivity contribution in [2.45, 2.75) is 46.0 Å². The molecule has 5 aromatic rings. The van der Waals surface area contributed by atoms with Crippen molar-refractivity contribution < 1.29 is 4.79 Å². The molecule has 9 heteroatoms. The van der Waals surface area contributed by atoms with Crippen LogP contribution in [0.15, 0.2) is 18.3 Å². The predicted molar refractivity (Wildman–Crippen MR) is 123 cm³/mol. The molecule has 8 nitrogen and oxygen atoms in total. The highest BCUT2D eigenvalue weighted by atomic mass is 32.1. The molecule has 0 spiro atoms. The lowest BCUT2D eigenvalue weighted by Crippen LogP contribution is -2.09. The second-order valence-electron chi connectivity index (χ2n) is 8.30. The van der Waals surface area contributed by atoms with Crippen molar-refractivity contribution in [3.8, 4) is 11.3 Å². The standard InChI is InChI=1S/C23H21N7OS/c1-11-15(10-24-26-11)22-14-6-4-3-5-13(14)20-16(25-22)7-8-17-21(20)23(30-28-17)18(31)9-19-29-27-12(2)32-19/h7-8,10H,3-6,9H2,1-2H3,(H,24,26)(H,28,30). The summed E-state index contributed by atoms with van der Waals surface area (Å²) in [4.78, 5) is 18.3. The average molecular weight is 444 g/mol. The number of nitrogens with zero attached hydrogens (tertiary/aromatic N) is 5. The van der Waals surface area contributed by atoms with Crippen molar-refractivity contribution in [2.24, 2.45) is 0 Å². The van der Waals surface area contributed by atoms with Gasteiger partial charge in [-0.15, -0.1) is 21.5 Å². The quantitative estimate of drug-likeness (QED) is 0.401. The monoisotopic (exact) mass is 443 g/mol. The maximum atomic E-state index is 13.2. The molecule has 0 amide bonds. The first kappa shape index (κ1) is 19.2. The normalized spacial score (nSPS) is 13.7. The van der Waals surface area contributed by atoms with Crippen LogP contribution in [0.5, 0.6) is 0 Å². The average Bonchev–Trinajstić information content (AvgIpc) is 3.52. The van der Waals surface area contributed by atoms with Gasteiger partial charge in [0.2, 0.25) is 0 Å². The molecule has 0 atom stereocenters. The first-order valence-corrected chi connectivity index (χ1v) is 11.6. The molecule has 1 aliphatic carbocycles. The number of rotatable bonds is 4. The summed E-state index contributed by atoms with van der Waals surface area (Å²) in [5.41, 5.74) is 7.80. The smallest absolute Gasteiger partial charge is 0.190 e. The van der Waals surface area contributed by atoms with Crippen LogP contribution in [0.3, 0.4) is 0 Å². The van der Waals surface area contributed by atoms with Gasteiger partial charge < -0.3 is 0 Å². The van der Waals surface area contributed by atoms with Gasteiger partial charge >= 0.3 is 0 Å². The van der Waals surface area contributed by atoms with Gasteiger partial charge in [0.25, 0.3) is 0 Å². The summed E-state index contributed by atoms with van der Waals surface area (Å²) in [7, 11) is 0. The molecule has 2 N–H and O–H groups in total. The molecule has 0 bridgehead atoms. The lowest BCUT2D eigenvalue weighted by molar-refractivity contribution is 0.0989. The fraction of sp³-hybridized carbons (Fsp3) is 0.304. The van der Waals surface area contributed by atoms with Crippen molar-refractivity contribution >= 4 is 38.9 Å². The van der Waals surface area contributed by atoms with Crippen LogP contribution in [-0.4, -0.2) is 41.4 Å². The van der Waals surface area contributed by atoms with Gasteiger partial charge in [-0.1, -0.05) is 0 Å². The third-order valence-electron chi connectivity index (χ3n) is 6.22. The van der Waals surface area contributed by atoms with Gasteiger partial charge in [-0.2, -0.15) is 10.2 Å². The molecule has 0 saturated carbocycles. The van der Waals surface area contributed by atoms with E-state index in [1.54, 1.807) is 0 Å². The Bertz CT molecular complexity index is 1510. The van der Waals surface area contributed by atoms with Crippen molar-refractivity contribution in [3.63, 3.8) is 0 Å². The number of carbonyl (C=O) groups is 1. The molecular formula is C23H21N7OS. The molecular weight excluding hydrogens is 422 g/mol. The van der Waals surface area contributed by atoms with Gasteiger partial charge in [-0.25, -0.2) is 4.98 Å². The van der Waals surface area contributed by atoms with E-state index in [-0.39, 0.29) is 12.2 Å². The van der Waals surface area contributed by atoms with E-state index < -0.39 is 0 Å². The van der Waals surface area contributed by atoms with E-state index in [1.807, 2.05) is 32.2 Å². The Balaban J connectivity index is 1.59. The van der Waals surface area contributed by atoms with Gasteiger partial charge in [0, 0.05) is 22.0 Å². The topological polar surface area (TPSA) is 113 Å². The number of carbonyl (C=O) groups excluding carboxylic acids is 1. The van der Waals surface area contributed by atoms with Gasteiger partial charge in [0.05, 0.1) is 29.3 Å². The van der Waals surface area contributed by atoms with Crippen LogP contribution in [0.4, 0.5) is 0 Å². The van der Waals surface area contributed by atoms with Crippen LogP contribution in [0.2, 0.25) is 0 Å². The number of aromatic nitrogens is 7. The second kappa shape index (κ2) is 7.30. The largest absolute Gasteiger partial charge is 0.292 e. The third-order valence-corrected chi connectivity index (χ3v) is 7.06. The Labute approximate surface area is 187 Å². The van der Waals surface area contributed by atoms with E-state index >= 15 is 0 Å². The summed E-state index contributed by atoms with van der Waals surface area (Å²) in [6.07, 6.45) is 6.24. The molecule has 1 aromatic carbocycles. The predicted octanol–water partition coefficient (Wildman–Crippen LogP) is 4.27. The highest BCUT2D eigenvalue weighted by Crippen LogP contribution is 2.39. The Morgan fingerprint density at radius 3 is 2.66 bits per heavy atom. The summed E-state index contributed by atoms with van der Waals surface area (Å²) in [6, 6.07) is 3.98. The third kappa shape index (κ3) is 2.96. The minimum atomic E-state index is -0.0563. The molecule has 0 radical (unpaired) electrons. The van der Waals surface area contributed by atoms with E-state index in [9.17, 15) is 4.79 Å². The maximum Gasteiger partial charge on any atom is 0.190 e. The van der Waals surface area contributed by atoms with Crippen LogP contribution >= 0.6 is 11.3 Å². The minimum absolute atomic E-state index is 0.0563. The molecule has 0 fully saturated rings. The fourth-order valence-corrected chi connectivity index (χ4v) is 5.48. The number of aromatic amines is 2. The molecule has 0 unspecified atom stereocenters. The zero-order valence-electron chi connectivity index (χ0n) is 17.8. The second-order valence-corrected chi connectivity index (χ2v) is 9.57. The number of nitrogens with one attached hydrogen (secondary N) is 2. The van der Waals surface area contributed by atoms with Gasteiger partial charge in [-0.05, 0) is 62.8 Å². The lowest BCUT2D eigenvalue weighted by atomic mass is 9.85. The van der Waals surface area contributed by atoms with Crippen LogP contribution in [0.1, 0.15) is 50.2 Å². The summed E-state index contributed by atoms with van der Waals surface area (Å²) in [5.74, 6) is -0.0563. The fourth-order valence-electron chi connectivity index (χ4n) is 4.78. The first-order chi connectivity index (χ1) is 15.6. The molecule has 160 valence electrons. The van der Waals surface area contributed by atoms with Gasteiger partial charge in [-0.3, -0.25) is 15.0 Å². The number of benzene rings is 1. The summed E-state index contributed by atoms with van der Waals surface area (Å²) in [5, 5.41) is 26.4. The number of fused-ring (bicyclic) bond motifs is 5. The zero-order valence-corrected chi connectivity index (χ0v) is 18.6. The molecule has 4 heterocycles. The number of H-pyrrole nitrogens is 2. The molecule has 32 heavy (non-hydrogen) atoms. The van der Waals surface area contributed by atoms with Crippen LogP contribution < -0.4 is 0 Å². The van der Waals surface area contributed by atoms with Gasteiger partial charge in [0.15, 0.2) is 5.78 Å². The van der Waals surface area contributed by atoms with E-state index in [0.717, 1.165) is 69.4 Å². The van der Waals surface area contributed by atoms with E-state index in [0.29, 0.717) is 10.7 Å². The molecule has 4 aromatic heterocycles. The Morgan fingerprint density at radius 2 is 1.91 bits per heavy atom. The van der Waals surface area contributed by atoms with E-state index in [2.05, 4.69) is 30.6 Å². The Kier molecular flexibility index (Phi) is 4.39. The maximum absolute atomic E-state index is 13.2. The van der Waals surface area contributed by atoms with E-state index in [1.165, 1.54) is 22.5 Å². The van der Waals surface area contributed by atoms with Crippen molar-refractivity contribution in [1.82, 2.24) is 35.6 Å². The van der Waals surface area contributed by atoms with Crippen LogP contribution in [-0.2, 0) is 19.3 Å². The highest BCUT2D eigenvalue weighted by Gasteiger charge is 2.25. The SMILES string of the molecule is Cc1nnc(CC(=O)c2n[nH]c3ccc4nc(-c5cn[nH]c5C)c5c(c4c23)CCCC5)s1. The van der Waals surface area contributed by atoms with Crippen molar-refractivity contribution in [3.05, 3.63) is 50.9 Å². The van der Waals surface area contributed by atoms with E-state index in [4.69, 9.17) is 4.98 Å². The zero-order chi connectivity index (χ0) is 21.8. The molecule has 0 aliphatic heterocycles. The minimum Gasteiger partial charge on any atom is -0.292 e. The highest BCUT2D eigenvalue weighted by molar-refractivity contribution is 7.11. The molecule has 1 aliphatic rings. The number of Topliss-reactive ketones (excluding diaryl/α,β-unsaturated/α-hetero) is 1. The van der Waals surface area contributed by atoms with Gasteiger partial charge in [0.1, 0.15) is 15.7 Å². The van der Waals surface area contributed by atoms with Crippen LogP contribution in [0, 0.1) is 13.8 Å². The number of pyridine rings is 1.